The Bertz CT molecular complexity index is 817. The van der Waals surface area contributed by atoms with Crippen molar-refractivity contribution in [3.8, 4) is 11.7 Å². The van der Waals surface area contributed by atoms with Gasteiger partial charge in [-0.15, -0.1) is 5.10 Å². The van der Waals surface area contributed by atoms with Crippen molar-refractivity contribution in [1.29, 1.82) is 0 Å². The number of furan rings is 1. The lowest BCUT2D eigenvalue weighted by Crippen LogP contribution is -2.30. The second-order valence-corrected chi connectivity index (χ2v) is 4.43. The molecule has 112 valence electrons. The molecule has 0 unspecified atom stereocenters. The fourth-order valence-corrected chi connectivity index (χ4v) is 2.08. The van der Waals surface area contributed by atoms with Crippen LogP contribution in [0.15, 0.2) is 62.4 Å². The Hall–Kier alpha value is -3.09. The van der Waals surface area contributed by atoms with Gasteiger partial charge in [-0.25, -0.2) is 9.59 Å². The highest BCUT2D eigenvalue weighted by Crippen LogP contribution is 2.21. The molecule has 0 saturated carbocycles. The molecule has 0 aliphatic carbocycles. The van der Waals surface area contributed by atoms with Crippen LogP contribution in [0.4, 0.5) is 0 Å². The number of carbonyl (C=O) groups is 1. The Kier molecular flexibility index (Phi) is 3.61. The quantitative estimate of drug-likeness (QED) is 0.683. The number of benzene rings is 1. The lowest BCUT2D eigenvalue weighted by molar-refractivity contribution is -0.143. The van der Waals surface area contributed by atoms with Crippen molar-refractivity contribution in [2.24, 2.45) is 0 Å². The second-order valence-electron chi connectivity index (χ2n) is 4.43. The van der Waals surface area contributed by atoms with E-state index >= 15 is 0 Å². The van der Waals surface area contributed by atoms with Gasteiger partial charge in [0.2, 0.25) is 0 Å². The van der Waals surface area contributed by atoms with Gasteiger partial charge in [-0.05, 0) is 17.7 Å². The predicted molar refractivity (Wildman–Crippen MR) is 75.1 cm³/mol. The Labute approximate surface area is 124 Å². The van der Waals surface area contributed by atoms with Crippen LogP contribution in [0.3, 0.4) is 0 Å². The van der Waals surface area contributed by atoms with E-state index in [0.717, 1.165) is 4.68 Å². The molecule has 7 nitrogen and oxygen atoms in total. The van der Waals surface area contributed by atoms with E-state index in [9.17, 15) is 9.59 Å². The Balaban J connectivity index is 2.09. The fraction of sp³-hybridized carbons (Fsp3) is 0.133. The van der Waals surface area contributed by atoms with Crippen LogP contribution in [0.25, 0.3) is 11.7 Å². The summed E-state index contributed by atoms with van der Waals surface area (Å²) in [5.74, 6) is -1.09. The zero-order valence-electron chi connectivity index (χ0n) is 11.6. The lowest BCUT2D eigenvalue weighted by Gasteiger charge is -2.13. The fourth-order valence-electron chi connectivity index (χ4n) is 2.08. The van der Waals surface area contributed by atoms with E-state index in [4.69, 9.17) is 13.6 Å². The number of ether oxygens (including phenoxy) is 1. The number of esters is 1. The van der Waals surface area contributed by atoms with E-state index in [1.165, 1.54) is 13.4 Å². The van der Waals surface area contributed by atoms with Gasteiger partial charge in [-0.2, -0.15) is 4.68 Å². The van der Waals surface area contributed by atoms with E-state index in [0.29, 0.717) is 11.3 Å². The van der Waals surface area contributed by atoms with E-state index in [1.807, 2.05) is 0 Å². The molecule has 0 fully saturated rings. The van der Waals surface area contributed by atoms with Gasteiger partial charge >= 0.3 is 11.7 Å². The number of rotatable bonds is 4. The molecular formula is C15H12N2O5. The van der Waals surface area contributed by atoms with Crippen molar-refractivity contribution < 1.29 is 18.4 Å². The molecule has 0 spiro atoms. The highest BCUT2D eigenvalue weighted by Gasteiger charge is 2.28. The molecule has 2 aromatic heterocycles. The molecule has 0 N–H and O–H groups in total. The average Bonchev–Trinajstić information content (AvgIpc) is 3.19. The smallest absolute Gasteiger partial charge is 0.438 e. The SMILES string of the molecule is COC(=O)[C@@H](c1ccccc1)n1nc(-c2ccco2)oc1=O. The number of hydrogen-bond acceptors (Lipinski definition) is 6. The number of aromatic nitrogens is 2. The van der Waals surface area contributed by atoms with E-state index < -0.39 is 17.8 Å². The Morgan fingerprint density at radius 1 is 1.23 bits per heavy atom. The molecule has 1 atom stereocenters. The van der Waals surface area contributed by atoms with Gasteiger partial charge in [0.1, 0.15) is 0 Å². The monoisotopic (exact) mass is 300 g/mol. The minimum atomic E-state index is -1.02. The highest BCUT2D eigenvalue weighted by atomic mass is 16.5. The predicted octanol–water partition coefficient (Wildman–Crippen LogP) is 1.86. The summed E-state index contributed by atoms with van der Waals surface area (Å²) >= 11 is 0. The topological polar surface area (TPSA) is 87.5 Å². The summed E-state index contributed by atoms with van der Waals surface area (Å²) in [5, 5.41) is 4.04. The number of carbonyl (C=O) groups excluding carboxylic acids is 1. The van der Waals surface area contributed by atoms with Gasteiger partial charge in [0.05, 0.1) is 13.4 Å². The van der Waals surface area contributed by atoms with Crippen molar-refractivity contribution in [3.63, 3.8) is 0 Å². The zero-order chi connectivity index (χ0) is 15.5. The minimum absolute atomic E-state index is 0.000154. The van der Waals surface area contributed by atoms with Crippen molar-refractivity contribution in [2.75, 3.05) is 7.11 Å². The van der Waals surface area contributed by atoms with Gasteiger partial charge < -0.3 is 13.6 Å². The van der Waals surface area contributed by atoms with E-state index in [2.05, 4.69) is 5.10 Å². The molecule has 3 aromatic rings. The third-order valence-electron chi connectivity index (χ3n) is 3.09. The van der Waals surface area contributed by atoms with Crippen LogP contribution in [-0.4, -0.2) is 22.9 Å². The number of methoxy groups -OCH3 is 1. The first-order chi connectivity index (χ1) is 10.7. The highest BCUT2D eigenvalue weighted by molar-refractivity contribution is 5.77. The van der Waals surface area contributed by atoms with Gasteiger partial charge in [0, 0.05) is 0 Å². The van der Waals surface area contributed by atoms with Gasteiger partial charge in [0.15, 0.2) is 11.8 Å². The summed E-state index contributed by atoms with van der Waals surface area (Å²) in [6.07, 6.45) is 1.43. The summed E-state index contributed by atoms with van der Waals surface area (Å²) in [6, 6.07) is 10.9. The Morgan fingerprint density at radius 2 is 2.00 bits per heavy atom. The average molecular weight is 300 g/mol. The maximum Gasteiger partial charge on any atom is 0.438 e. The normalized spacial score (nSPS) is 12.0. The Morgan fingerprint density at radius 3 is 2.64 bits per heavy atom. The van der Waals surface area contributed by atoms with Crippen LogP contribution < -0.4 is 5.76 Å². The molecule has 0 bridgehead atoms. The maximum absolute atomic E-state index is 12.1. The van der Waals surface area contributed by atoms with Crippen molar-refractivity contribution in [1.82, 2.24) is 9.78 Å². The summed E-state index contributed by atoms with van der Waals surface area (Å²) in [4.78, 5) is 24.1. The first kappa shape index (κ1) is 13.9. The summed E-state index contributed by atoms with van der Waals surface area (Å²) in [7, 11) is 1.25. The maximum atomic E-state index is 12.1. The van der Waals surface area contributed by atoms with Crippen LogP contribution >= 0.6 is 0 Å². The summed E-state index contributed by atoms with van der Waals surface area (Å²) < 4.78 is 15.9. The van der Waals surface area contributed by atoms with Gasteiger partial charge in [-0.3, -0.25) is 0 Å². The van der Waals surface area contributed by atoms with Crippen molar-refractivity contribution >= 4 is 5.97 Å². The molecule has 1 aromatic carbocycles. The third kappa shape index (κ3) is 2.44. The molecule has 0 saturated heterocycles. The van der Waals surface area contributed by atoms with Crippen LogP contribution in [0.1, 0.15) is 11.6 Å². The van der Waals surface area contributed by atoms with Crippen molar-refractivity contribution in [2.45, 2.75) is 6.04 Å². The second kappa shape index (κ2) is 5.72. The largest absolute Gasteiger partial charge is 0.467 e. The van der Waals surface area contributed by atoms with Crippen LogP contribution in [0.2, 0.25) is 0 Å². The van der Waals surface area contributed by atoms with Crippen LogP contribution in [-0.2, 0) is 9.53 Å². The van der Waals surface area contributed by atoms with Gasteiger partial charge in [-0.1, -0.05) is 30.3 Å². The minimum Gasteiger partial charge on any atom is -0.467 e. The first-order valence-corrected chi connectivity index (χ1v) is 6.47. The molecule has 0 aliphatic heterocycles. The number of hydrogen-bond donors (Lipinski definition) is 0. The van der Waals surface area contributed by atoms with Crippen LogP contribution in [0.5, 0.6) is 0 Å². The molecular weight excluding hydrogens is 288 g/mol. The standard InChI is InChI=1S/C15H12N2O5/c1-20-14(18)12(10-6-3-2-4-7-10)17-15(19)22-13(16-17)11-8-5-9-21-11/h2-9,12H,1H3/t12-/m1/s1. The molecule has 0 radical (unpaired) electrons. The van der Waals surface area contributed by atoms with Gasteiger partial charge in [0.25, 0.3) is 5.89 Å². The molecule has 0 aliphatic rings. The van der Waals surface area contributed by atoms with E-state index in [-0.39, 0.29) is 5.89 Å². The van der Waals surface area contributed by atoms with Crippen molar-refractivity contribution in [3.05, 3.63) is 64.8 Å². The molecule has 3 rings (SSSR count). The summed E-state index contributed by atoms with van der Waals surface area (Å²) in [6.45, 7) is 0. The van der Waals surface area contributed by atoms with E-state index in [1.54, 1.807) is 42.5 Å². The molecule has 7 heteroatoms. The number of nitrogens with zero attached hydrogens (tertiary/aromatic N) is 2. The summed E-state index contributed by atoms with van der Waals surface area (Å²) in [5.41, 5.74) is 0.566. The molecule has 2 heterocycles. The zero-order valence-corrected chi connectivity index (χ0v) is 11.6. The molecule has 22 heavy (non-hydrogen) atoms. The van der Waals surface area contributed by atoms with Crippen LogP contribution in [0, 0.1) is 0 Å². The lowest BCUT2D eigenvalue weighted by atomic mass is 10.1. The third-order valence-corrected chi connectivity index (χ3v) is 3.09. The first-order valence-electron chi connectivity index (χ1n) is 6.47. The molecule has 0 amide bonds.